The zero-order valence-electron chi connectivity index (χ0n) is 6.39. The third-order valence-corrected chi connectivity index (χ3v) is 2.61. The average molecular weight is 349 g/mol. The smallest absolute Gasteiger partial charge is 0.173 e. The molecule has 0 amide bonds. The summed E-state index contributed by atoms with van der Waals surface area (Å²) in [6.07, 6.45) is 0. The summed E-state index contributed by atoms with van der Waals surface area (Å²) in [5.41, 5.74) is 0.571. The van der Waals surface area contributed by atoms with E-state index in [2.05, 4.69) is 15.9 Å². The SMILES string of the molecule is Br.O=C(CBr)c1ccc(Cl)c(Cl)c1. The summed E-state index contributed by atoms with van der Waals surface area (Å²) in [5, 5.41) is 1.16. The minimum absolute atomic E-state index is 0. The Labute approximate surface area is 105 Å². The Morgan fingerprint density at radius 2 is 1.92 bits per heavy atom. The highest BCUT2D eigenvalue weighted by Gasteiger charge is 2.05. The molecular formula is C8H6Br2Cl2O. The monoisotopic (exact) mass is 346 g/mol. The second-order valence-corrected chi connectivity index (χ2v) is 3.56. The predicted octanol–water partition coefficient (Wildman–Crippen LogP) is 4.15. The van der Waals surface area contributed by atoms with E-state index in [9.17, 15) is 4.79 Å². The van der Waals surface area contributed by atoms with Gasteiger partial charge in [-0.05, 0) is 18.2 Å². The highest BCUT2D eigenvalue weighted by atomic mass is 79.9. The van der Waals surface area contributed by atoms with Crippen molar-refractivity contribution in [3.8, 4) is 0 Å². The van der Waals surface area contributed by atoms with Crippen molar-refractivity contribution in [3.05, 3.63) is 33.8 Å². The van der Waals surface area contributed by atoms with E-state index >= 15 is 0 Å². The number of Topliss-reactive ketones (excluding diaryl/α,β-unsaturated/α-hetero) is 1. The van der Waals surface area contributed by atoms with Gasteiger partial charge in [0.15, 0.2) is 5.78 Å². The van der Waals surface area contributed by atoms with Crippen LogP contribution in [-0.4, -0.2) is 11.1 Å². The van der Waals surface area contributed by atoms with Gasteiger partial charge in [-0.1, -0.05) is 39.1 Å². The van der Waals surface area contributed by atoms with Crippen molar-refractivity contribution < 1.29 is 4.79 Å². The highest BCUT2D eigenvalue weighted by Crippen LogP contribution is 2.22. The van der Waals surface area contributed by atoms with E-state index in [-0.39, 0.29) is 22.8 Å². The van der Waals surface area contributed by atoms with Crippen molar-refractivity contribution in [1.29, 1.82) is 0 Å². The molecular weight excluding hydrogens is 343 g/mol. The van der Waals surface area contributed by atoms with E-state index in [0.29, 0.717) is 20.9 Å². The van der Waals surface area contributed by atoms with Gasteiger partial charge in [0.05, 0.1) is 15.4 Å². The maximum atomic E-state index is 11.1. The predicted molar refractivity (Wildman–Crippen MR) is 64.9 cm³/mol. The Morgan fingerprint density at radius 3 is 2.38 bits per heavy atom. The van der Waals surface area contributed by atoms with Gasteiger partial charge in [-0.15, -0.1) is 17.0 Å². The number of carbonyl (C=O) groups is 1. The number of benzene rings is 1. The van der Waals surface area contributed by atoms with Crippen LogP contribution >= 0.6 is 56.1 Å². The molecule has 1 aromatic carbocycles. The third kappa shape index (κ3) is 3.58. The van der Waals surface area contributed by atoms with Gasteiger partial charge in [-0.2, -0.15) is 0 Å². The normalized spacial score (nSPS) is 9.15. The fraction of sp³-hybridized carbons (Fsp3) is 0.125. The maximum Gasteiger partial charge on any atom is 0.173 e. The summed E-state index contributed by atoms with van der Waals surface area (Å²) in [5.74, 6) is -0.00596. The summed E-state index contributed by atoms with van der Waals surface area (Å²) in [4.78, 5) is 11.1. The van der Waals surface area contributed by atoms with Gasteiger partial charge in [-0.25, -0.2) is 0 Å². The van der Waals surface area contributed by atoms with Gasteiger partial charge in [0, 0.05) is 5.56 Å². The van der Waals surface area contributed by atoms with E-state index in [1.54, 1.807) is 18.2 Å². The lowest BCUT2D eigenvalue weighted by Gasteiger charge is -1.98. The molecule has 0 saturated heterocycles. The first kappa shape index (κ1) is 13.4. The van der Waals surface area contributed by atoms with Crippen LogP contribution in [0.15, 0.2) is 18.2 Å². The van der Waals surface area contributed by atoms with Gasteiger partial charge in [0.25, 0.3) is 0 Å². The molecule has 0 saturated carbocycles. The summed E-state index contributed by atoms with van der Waals surface area (Å²) >= 11 is 14.5. The Balaban J connectivity index is 0.00000144. The van der Waals surface area contributed by atoms with Crippen molar-refractivity contribution in [2.24, 2.45) is 0 Å². The fourth-order valence-corrected chi connectivity index (χ4v) is 1.37. The molecule has 0 aliphatic rings. The average Bonchev–Trinajstić information content (AvgIpc) is 2.08. The van der Waals surface area contributed by atoms with Crippen LogP contribution in [0.1, 0.15) is 10.4 Å². The van der Waals surface area contributed by atoms with Crippen LogP contribution in [0.4, 0.5) is 0 Å². The molecule has 13 heavy (non-hydrogen) atoms. The number of carbonyl (C=O) groups excluding carboxylic acids is 1. The Bertz CT molecular complexity index is 315. The first-order chi connectivity index (χ1) is 5.65. The lowest BCUT2D eigenvalue weighted by atomic mass is 10.1. The van der Waals surface area contributed by atoms with E-state index in [4.69, 9.17) is 23.2 Å². The van der Waals surface area contributed by atoms with Crippen molar-refractivity contribution in [2.75, 3.05) is 5.33 Å². The van der Waals surface area contributed by atoms with Crippen LogP contribution in [-0.2, 0) is 0 Å². The lowest BCUT2D eigenvalue weighted by Crippen LogP contribution is -1.98. The summed E-state index contributed by atoms with van der Waals surface area (Å²) in [6.45, 7) is 0. The second kappa shape index (κ2) is 6.02. The standard InChI is InChI=1S/C8H5BrCl2O.BrH/c9-4-8(12)5-1-2-6(10)7(11)3-5;/h1-3H,4H2;1H. The summed E-state index contributed by atoms with van der Waals surface area (Å²) < 4.78 is 0. The molecule has 0 aliphatic carbocycles. The molecule has 0 heterocycles. The van der Waals surface area contributed by atoms with Crippen LogP contribution in [0, 0.1) is 0 Å². The first-order valence-corrected chi connectivity index (χ1v) is 5.07. The van der Waals surface area contributed by atoms with E-state index in [0.717, 1.165) is 0 Å². The molecule has 0 radical (unpaired) electrons. The molecule has 0 spiro atoms. The van der Waals surface area contributed by atoms with Gasteiger partial charge >= 0.3 is 0 Å². The number of alkyl halides is 1. The van der Waals surface area contributed by atoms with Gasteiger partial charge in [-0.3, -0.25) is 4.79 Å². The number of halogens is 4. The highest BCUT2D eigenvalue weighted by molar-refractivity contribution is 9.09. The fourth-order valence-electron chi connectivity index (χ4n) is 0.747. The van der Waals surface area contributed by atoms with Crippen molar-refractivity contribution in [1.82, 2.24) is 0 Å². The van der Waals surface area contributed by atoms with Crippen LogP contribution in [0.5, 0.6) is 0 Å². The summed E-state index contributed by atoms with van der Waals surface area (Å²) in [6, 6.07) is 4.82. The van der Waals surface area contributed by atoms with E-state index in [1.807, 2.05) is 0 Å². The largest absolute Gasteiger partial charge is 0.293 e. The molecule has 0 bridgehead atoms. The number of ketones is 1. The molecule has 0 unspecified atom stereocenters. The van der Waals surface area contributed by atoms with Gasteiger partial charge < -0.3 is 0 Å². The molecule has 0 N–H and O–H groups in total. The Kier molecular flexibility index (Phi) is 6.21. The quantitative estimate of drug-likeness (QED) is 0.579. The molecule has 72 valence electrons. The number of hydrogen-bond donors (Lipinski definition) is 0. The Hall–Kier alpha value is 0.430. The second-order valence-electron chi connectivity index (χ2n) is 2.19. The zero-order valence-corrected chi connectivity index (χ0v) is 11.2. The van der Waals surface area contributed by atoms with Crippen molar-refractivity contribution in [3.63, 3.8) is 0 Å². The van der Waals surface area contributed by atoms with Crippen LogP contribution in [0.2, 0.25) is 10.0 Å². The molecule has 0 aromatic heterocycles. The van der Waals surface area contributed by atoms with E-state index in [1.165, 1.54) is 0 Å². The van der Waals surface area contributed by atoms with E-state index < -0.39 is 0 Å². The lowest BCUT2D eigenvalue weighted by molar-refractivity contribution is 0.102. The van der Waals surface area contributed by atoms with Gasteiger partial charge in [0.2, 0.25) is 0 Å². The van der Waals surface area contributed by atoms with Crippen LogP contribution in [0.25, 0.3) is 0 Å². The number of rotatable bonds is 2. The maximum absolute atomic E-state index is 11.1. The third-order valence-electron chi connectivity index (χ3n) is 1.36. The zero-order chi connectivity index (χ0) is 9.14. The number of hydrogen-bond acceptors (Lipinski definition) is 1. The molecule has 1 rings (SSSR count). The minimum Gasteiger partial charge on any atom is -0.293 e. The van der Waals surface area contributed by atoms with Crippen molar-refractivity contribution >= 4 is 61.9 Å². The van der Waals surface area contributed by atoms with Crippen LogP contribution in [0.3, 0.4) is 0 Å². The first-order valence-electron chi connectivity index (χ1n) is 3.19. The molecule has 5 heteroatoms. The Morgan fingerprint density at radius 1 is 1.31 bits per heavy atom. The van der Waals surface area contributed by atoms with Gasteiger partial charge in [0.1, 0.15) is 0 Å². The topological polar surface area (TPSA) is 17.1 Å². The summed E-state index contributed by atoms with van der Waals surface area (Å²) in [7, 11) is 0. The van der Waals surface area contributed by atoms with Crippen LogP contribution < -0.4 is 0 Å². The van der Waals surface area contributed by atoms with Crippen molar-refractivity contribution in [2.45, 2.75) is 0 Å². The molecule has 0 fully saturated rings. The molecule has 0 aliphatic heterocycles. The minimum atomic E-state index is -0.00596. The molecule has 0 atom stereocenters. The molecule has 1 aromatic rings. The molecule has 1 nitrogen and oxygen atoms in total.